The first kappa shape index (κ1) is 17.8. The van der Waals surface area contributed by atoms with Crippen molar-refractivity contribution in [3.63, 3.8) is 0 Å². The number of para-hydroxylation sites is 2. The van der Waals surface area contributed by atoms with Gasteiger partial charge in [-0.05, 0) is 30.5 Å². The van der Waals surface area contributed by atoms with E-state index >= 15 is 0 Å². The summed E-state index contributed by atoms with van der Waals surface area (Å²) in [5.41, 5.74) is 3.38. The fourth-order valence-corrected chi connectivity index (χ4v) is 4.15. The van der Waals surface area contributed by atoms with E-state index in [9.17, 15) is 4.79 Å². The lowest BCUT2D eigenvalue weighted by Crippen LogP contribution is -2.28. The third-order valence-corrected chi connectivity index (χ3v) is 5.50. The maximum absolute atomic E-state index is 12.8. The molecule has 1 aliphatic heterocycles. The number of imidazole rings is 1. The largest absolute Gasteiger partial charge is 0.335 e. The first-order valence-corrected chi connectivity index (χ1v) is 9.84. The van der Waals surface area contributed by atoms with Gasteiger partial charge in [0.05, 0.1) is 17.1 Å². The highest BCUT2D eigenvalue weighted by molar-refractivity contribution is 5.81. The molecule has 2 heterocycles. The van der Waals surface area contributed by atoms with E-state index < -0.39 is 0 Å². The smallest absolute Gasteiger partial charge is 0.223 e. The SMILES string of the molecule is CC(C)Cn1c(C2CC(=O)N(C(C)c3ccccc3)C2)nc2ccccc21. The molecular formula is C23H27N3O. The molecule has 4 rings (SSSR count). The van der Waals surface area contributed by atoms with Crippen LogP contribution in [-0.2, 0) is 11.3 Å². The van der Waals surface area contributed by atoms with Gasteiger partial charge in [0.1, 0.15) is 5.82 Å². The van der Waals surface area contributed by atoms with Gasteiger partial charge in [0.2, 0.25) is 5.91 Å². The lowest BCUT2D eigenvalue weighted by Gasteiger charge is -2.25. The van der Waals surface area contributed by atoms with Gasteiger partial charge in [-0.25, -0.2) is 4.98 Å². The van der Waals surface area contributed by atoms with Crippen molar-refractivity contribution in [2.75, 3.05) is 6.54 Å². The summed E-state index contributed by atoms with van der Waals surface area (Å²) >= 11 is 0. The predicted molar refractivity (Wildman–Crippen MR) is 108 cm³/mol. The molecule has 0 saturated carbocycles. The molecular weight excluding hydrogens is 334 g/mol. The summed E-state index contributed by atoms with van der Waals surface area (Å²) in [5.74, 6) is 1.95. The third-order valence-electron chi connectivity index (χ3n) is 5.50. The molecule has 140 valence electrons. The second-order valence-electron chi connectivity index (χ2n) is 8.00. The summed E-state index contributed by atoms with van der Waals surface area (Å²) in [6.45, 7) is 8.22. The Morgan fingerprint density at radius 1 is 1.04 bits per heavy atom. The number of benzene rings is 2. The molecule has 1 aromatic heterocycles. The van der Waals surface area contributed by atoms with Crippen LogP contribution in [0.1, 0.15) is 50.5 Å². The number of rotatable bonds is 5. The van der Waals surface area contributed by atoms with Crippen LogP contribution in [0.4, 0.5) is 0 Å². The highest BCUT2D eigenvalue weighted by Crippen LogP contribution is 2.35. The zero-order chi connectivity index (χ0) is 19.0. The number of carbonyl (C=O) groups is 1. The van der Waals surface area contributed by atoms with Crippen LogP contribution in [0.15, 0.2) is 54.6 Å². The Morgan fingerprint density at radius 2 is 1.74 bits per heavy atom. The minimum absolute atomic E-state index is 0.0895. The van der Waals surface area contributed by atoms with Gasteiger partial charge in [0, 0.05) is 25.4 Å². The van der Waals surface area contributed by atoms with Gasteiger partial charge in [0.25, 0.3) is 0 Å². The van der Waals surface area contributed by atoms with Gasteiger partial charge < -0.3 is 9.47 Å². The molecule has 1 aliphatic rings. The lowest BCUT2D eigenvalue weighted by atomic mass is 10.1. The lowest BCUT2D eigenvalue weighted by molar-refractivity contribution is -0.129. The van der Waals surface area contributed by atoms with E-state index in [1.807, 2.05) is 29.2 Å². The summed E-state index contributed by atoms with van der Waals surface area (Å²) in [7, 11) is 0. The predicted octanol–water partition coefficient (Wildman–Crippen LogP) is 4.77. The Morgan fingerprint density at radius 3 is 2.48 bits per heavy atom. The molecule has 0 spiro atoms. The molecule has 1 fully saturated rings. The zero-order valence-electron chi connectivity index (χ0n) is 16.3. The molecule has 0 N–H and O–H groups in total. The molecule has 0 aliphatic carbocycles. The van der Waals surface area contributed by atoms with Crippen LogP contribution >= 0.6 is 0 Å². The van der Waals surface area contributed by atoms with E-state index in [-0.39, 0.29) is 17.9 Å². The molecule has 0 bridgehead atoms. The molecule has 27 heavy (non-hydrogen) atoms. The second-order valence-corrected chi connectivity index (χ2v) is 8.00. The number of nitrogens with zero attached hydrogens (tertiary/aromatic N) is 3. The standard InChI is InChI=1S/C23H27N3O/c1-16(2)14-26-21-12-8-7-11-20(21)24-23(26)19-13-22(27)25(15-19)17(3)18-9-5-4-6-10-18/h4-12,16-17,19H,13-15H2,1-3H3. The van der Waals surface area contributed by atoms with Crippen molar-refractivity contribution in [3.8, 4) is 0 Å². The van der Waals surface area contributed by atoms with Crippen molar-refractivity contribution in [3.05, 3.63) is 66.0 Å². The van der Waals surface area contributed by atoms with Gasteiger partial charge in [-0.2, -0.15) is 0 Å². The molecule has 1 saturated heterocycles. The average molecular weight is 361 g/mol. The van der Waals surface area contributed by atoms with Crippen molar-refractivity contribution in [2.45, 2.75) is 45.7 Å². The molecule has 0 radical (unpaired) electrons. The van der Waals surface area contributed by atoms with Gasteiger partial charge in [-0.1, -0.05) is 56.3 Å². The molecule has 3 aromatic rings. The van der Waals surface area contributed by atoms with E-state index in [4.69, 9.17) is 4.98 Å². The number of aromatic nitrogens is 2. The van der Waals surface area contributed by atoms with Gasteiger partial charge >= 0.3 is 0 Å². The number of carbonyl (C=O) groups excluding carboxylic acids is 1. The number of likely N-dealkylation sites (tertiary alicyclic amines) is 1. The zero-order valence-corrected chi connectivity index (χ0v) is 16.3. The fraction of sp³-hybridized carbons (Fsp3) is 0.391. The van der Waals surface area contributed by atoms with Crippen LogP contribution in [0.3, 0.4) is 0 Å². The van der Waals surface area contributed by atoms with Crippen LogP contribution in [-0.4, -0.2) is 26.9 Å². The highest BCUT2D eigenvalue weighted by Gasteiger charge is 2.36. The van der Waals surface area contributed by atoms with Crippen molar-refractivity contribution >= 4 is 16.9 Å². The minimum Gasteiger partial charge on any atom is -0.335 e. The maximum atomic E-state index is 12.8. The topological polar surface area (TPSA) is 38.1 Å². The van der Waals surface area contributed by atoms with Crippen molar-refractivity contribution in [1.29, 1.82) is 0 Å². The first-order valence-electron chi connectivity index (χ1n) is 9.84. The van der Waals surface area contributed by atoms with E-state index in [0.717, 1.165) is 24.4 Å². The van der Waals surface area contributed by atoms with Crippen molar-refractivity contribution < 1.29 is 4.79 Å². The number of fused-ring (bicyclic) bond motifs is 1. The van der Waals surface area contributed by atoms with Gasteiger partial charge in [-0.3, -0.25) is 4.79 Å². The Kier molecular flexibility index (Phi) is 4.73. The van der Waals surface area contributed by atoms with Crippen molar-refractivity contribution in [2.24, 2.45) is 5.92 Å². The van der Waals surface area contributed by atoms with E-state index in [0.29, 0.717) is 12.3 Å². The Hall–Kier alpha value is -2.62. The van der Waals surface area contributed by atoms with E-state index in [1.54, 1.807) is 0 Å². The van der Waals surface area contributed by atoms with Gasteiger partial charge in [0.15, 0.2) is 0 Å². The first-order chi connectivity index (χ1) is 13.0. The molecule has 4 nitrogen and oxygen atoms in total. The highest BCUT2D eigenvalue weighted by atomic mass is 16.2. The molecule has 2 unspecified atom stereocenters. The number of hydrogen-bond acceptors (Lipinski definition) is 2. The fourth-order valence-electron chi connectivity index (χ4n) is 4.15. The Labute approximate surface area is 160 Å². The molecule has 2 aromatic carbocycles. The van der Waals surface area contributed by atoms with Crippen LogP contribution in [0, 0.1) is 5.92 Å². The maximum Gasteiger partial charge on any atom is 0.223 e. The second kappa shape index (κ2) is 7.18. The van der Waals surface area contributed by atoms with Gasteiger partial charge in [-0.15, -0.1) is 0 Å². The number of hydrogen-bond donors (Lipinski definition) is 0. The van der Waals surface area contributed by atoms with Crippen LogP contribution in [0.2, 0.25) is 0 Å². The quantitative estimate of drug-likeness (QED) is 0.656. The number of amides is 1. The minimum atomic E-state index is 0.0895. The monoisotopic (exact) mass is 361 g/mol. The summed E-state index contributed by atoms with van der Waals surface area (Å²) in [5, 5.41) is 0. The van der Waals surface area contributed by atoms with Crippen LogP contribution in [0.25, 0.3) is 11.0 Å². The molecule has 4 heteroatoms. The summed E-state index contributed by atoms with van der Waals surface area (Å²) in [6.07, 6.45) is 0.540. The average Bonchev–Trinajstić information content (AvgIpc) is 3.22. The van der Waals surface area contributed by atoms with Crippen molar-refractivity contribution in [1.82, 2.24) is 14.5 Å². The molecule has 1 amide bonds. The summed E-state index contributed by atoms with van der Waals surface area (Å²) < 4.78 is 2.33. The summed E-state index contributed by atoms with van der Waals surface area (Å²) in [6, 6.07) is 18.7. The molecule has 2 atom stereocenters. The van der Waals surface area contributed by atoms with E-state index in [1.165, 1.54) is 11.1 Å². The normalized spacial score (nSPS) is 18.6. The van der Waals surface area contributed by atoms with Crippen LogP contribution in [0.5, 0.6) is 0 Å². The Balaban J connectivity index is 1.66. The van der Waals surface area contributed by atoms with E-state index in [2.05, 4.69) is 55.7 Å². The van der Waals surface area contributed by atoms with Crippen LogP contribution < -0.4 is 0 Å². The third kappa shape index (κ3) is 3.36. The Bertz CT molecular complexity index is 945. The summed E-state index contributed by atoms with van der Waals surface area (Å²) in [4.78, 5) is 19.8.